The Bertz CT molecular complexity index is 567. The molecule has 0 aliphatic heterocycles. The first kappa shape index (κ1) is 13.8. The summed E-state index contributed by atoms with van der Waals surface area (Å²) in [6.45, 7) is 0. The summed E-state index contributed by atoms with van der Waals surface area (Å²) < 4.78 is 41.1. The van der Waals surface area contributed by atoms with Crippen molar-refractivity contribution < 1.29 is 17.9 Å². The molecule has 0 fully saturated rings. The molecule has 0 aliphatic carbocycles. The molecule has 5 heteroatoms. The van der Waals surface area contributed by atoms with Gasteiger partial charge in [-0.1, -0.05) is 30.3 Å². The minimum atomic E-state index is -4.69. The van der Waals surface area contributed by atoms with Gasteiger partial charge in [-0.05, 0) is 30.0 Å². The lowest BCUT2D eigenvalue weighted by Gasteiger charge is -2.13. The second kappa shape index (κ2) is 5.57. The zero-order valence-corrected chi connectivity index (χ0v) is 10.9. The maximum atomic E-state index is 12.4. The van der Waals surface area contributed by atoms with E-state index < -0.39 is 6.36 Å². The molecule has 0 saturated heterocycles. The fourth-order valence-corrected chi connectivity index (χ4v) is 2.17. The molecule has 0 unspecified atom stereocenters. The van der Waals surface area contributed by atoms with Crippen molar-refractivity contribution in [2.24, 2.45) is 0 Å². The van der Waals surface area contributed by atoms with Crippen molar-refractivity contribution in [2.75, 3.05) is 6.26 Å². The van der Waals surface area contributed by atoms with E-state index in [1.165, 1.54) is 23.9 Å². The van der Waals surface area contributed by atoms with Crippen LogP contribution in [0.15, 0.2) is 53.4 Å². The van der Waals surface area contributed by atoms with Crippen LogP contribution in [0, 0.1) is 0 Å². The zero-order chi connectivity index (χ0) is 13.9. The normalized spacial score (nSPS) is 11.4. The molecule has 0 bridgehead atoms. The smallest absolute Gasteiger partial charge is 0.405 e. The summed E-state index contributed by atoms with van der Waals surface area (Å²) in [7, 11) is 0. The van der Waals surface area contributed by atoms with Crippen molar-refractivity contribution in [3.63, 3.8) is 0 Å². The Morgan fingerprint density at radius 3 is 2.42 bits per heavy atom. The molecule has 0 spiro atoms. The highest BCUT2D eigenvalue weighted by Crippen LogP contribution is 2.34. The van der Waals surface area contributed by atoms with E-state index in [4.69, 9.17) is 0 Å². The van der Waals surface area contributed by atoms with E-state index >= 15 is 0 Å². The fourth-order valence-electron chi connectivity index (χ4n) is 1.71. The predicted molar refractivity (Wildman–Crippen MR) is 70.3 cm³/mol. The third-order valence-corrected chi connectivity index (χ3v) is 3.22. The topological polar surface area (TPSA) is 9.23 Å². The molecular weight excluding hydrogens is 273 g/mol. The average Bonchev–Trinajstić information content (AvgIpc) is 2.37. The van der Waals surface area contributed by atoms with Crippen LogP contribution in [-0.4, -0.2) is 12.6 Å². The monoisotopic (exact) mass is 284 g/mol. The van der Waals surface area contributed by atoms with Gasteiger partial charge < -0.3 is 4.74 Å². The number of thioether (sulfide) groups is 1. The van der Waals surface area contributed by atoms with Crippen LogP contribution in [0.4, 0.5) is 13.2 Å². The maximum Gasteiger partial charge on any atom is 0.573 e. The number of alkyl halides is 3. The largest absolute Gasteiger partial charge is 0.573 e. The van der Waals surface area contributed by atoms with Crippen LogP contribution < -0.4 is 4.74 Å². The zero-order valence-electron chi connectivity index (χ0n) is 10.1. The summed E-state index contributed by atoms with van der Waals surface area (Å²) in [6, 6.07) is 13.4. The van der Waals surface area contributed by atoms with Crippen molar-refractivity contribution in [1.82, 2.24) is 0 Å². The molecule has 0 radical (unpaired) electrons. The third kappa shape index (κ3) is 3.67. The van der Waals surface area contributed by atoms with Crippen LogP contribution in [0.1, 0.15) is 0 Å². The summed E-state index contributed by atoms with van der Waals surface area (Å²) in [4.78, 5) is 0.985. The molecule has 2 aromatic carbocycles. The van der Waals surface area contributed by atoms with Gasteiger partial charge in [0.25, 0.3) is 0 Å². The van der Waals surface area contributed by atoms with Crippen LogP contribution in [-0.2, 0) is 0 Å². The van der Waals surface area contributed by atoms with Gasteiger partial charge in [0.1, 0.15) is 5.75 Å². The van der Waals surface area contributed by atoms with Gasteiger partial charge in [0.2, 0.25) is 0 Å². The molecule has 0 N–H and O–H groups in total. The summed E-state index contributed by atoms with van der Waals surface area (Å²) in [6.07, 6.45) is -2.77. The van der Waals surface area contributed by atoms with Crippen molar-refractivity contribution in [3.8, 4) is 16.9 Å². The Hall–Kier alpha value is -1.62. The van der Waals surface area contributed by atoms with Gasteiger partial charge >= 0.3 is 6.36 Å². The summed E-state index contributed by atoms with van der Waals surface area (Å²) in [5, 5.41) is 0. The van der Waals surface area contributed by atoms with Crippen LogP contribution in [0.2, 0.25) is 0 Å². The highest BCUT2D eigenvalue weighted by atomic mass is 32.2. The Kier molecular flexibility index (Phi) is 4.04. The molecule has 0 amide bonds. The van der Waals surface area contributed by atoms with Gasteiger partial charge in [-0.25, -0.2) is 0 Å². The summed E-state index contributed by atoms with van der Waals surface area (Å²) in [5.41, 5.74) is 1.13. The molecule has 0 heterocycles. The number of ether oxygens (including phenoxy) is 1. The Labute approximate surface area is 113 Å². The molecular formula is C14H11F3OS. The maximum absolute atomic E-state index is 12.4. The number of para-hydroxylation sites is 1. The Morgan fingerprint density at radius 2 is 1.74 bits per heavy atom. The first-order chi connectivity index (χ1) is 8.99. The number of halogens is 3. The molecule has 1 nitrogen and oxygen atoms in total. The predicted octanol–water partition coefficient (Wildman–Crippen LogP) is 4.97. The molecule has 0 aliphatic rings. The van der Waals surface area contributed by atoms with Crippen LogP contribution in [0.3, 0.4) is 0 Å². The molecule has 2 aromatic rings. The van der Waals surface area contributed by atoms with E-state index in [0.29, 0.717) is 11.1 Å². The van der Waals surface area contributed by atoms with Gasteiger partial charge in [0, 0.05) is 10.5 Å². The van der Waals surface area contributed by atoms with E-state index in [2.05, 4.69) is 4.74 Å². The molecule has 0 atom stereocenters. The lowest BCUT2D eigenvalue weighted by molar-refractivity contribution is -0.274. The minimum absolute atomic E-state index is 0.187. The quantitative estimate of drug-likeness (QED) is 0.736. The third-order valence-electron chi connectivity index (χ3n) is 2.49. The van der Waals surface area contributed by atoms with E-state index in [1.807, 2.05) is 24.5 Å². The number of rotatable bonds is 3. The van der Waals surface area contributed by atoms with Crippen molar-refractivity contribution in [3.05, 3.63) is 48.5 Å². The molecule has 2 rings (SSSR count). The van der Waals surface area contributed by atoms with Gasteiger partial charge in [0.15, 0.2) is 0 Å². The standard InChI is InChI=1S/C14H11F3OS/c1-19-11-6-4-5-10(9-11)12-7-2-3-8-13(12)18-14(15,16)17/h2-9H,1H3. The molecule has 19 heavy (non-hydrogen) atoms. The van der Waals surface area contributed by atoms with Crippen molar-refractivity contribution in [1.29, 1.82) is 0 Å². The Morgan fingerprint density at radius 1 is 1.00 bits per heavy atom. The number of hydrogen-bond acceptors (Lipinski definition) is 2. The van der Waals surface area contributed by atoms with Crippen LogP contribution >= 0.6 is 11.8 Å². The van der Waals surface area contributed by atoms with Crippen molar-refractivity contribution in [2.45, 2.75) is 11.3 Å². The van der Waals surface area contributed by atoms with Crippen molar-refractivity contribution >= 4 is 11.8 Å². The van der Waals surface area contributed by atoms with E-state index in [1.54, 1.807) is 18.2 Å². The molecule has 100 valence electrons. The Balaban J connectivity index is 2.44. The number of hydrogen-bond donors (Lipinski definition) is 0. The van der Waals surface area contributed by atoms with Gasteiger partial charge in [0.05, 0.1) is 0 Å². The van der Waals surface area contributed by atoms with E-state index in [9.17, 15) is 13.2 Å². The lowest BCUT2D eigenvalue weighted by Crippen LogP contribution is -2.17. The average molecular weight is 284 g/mol. The second-order valence-corrected chi connectivity index (χ2v) is 4.66. The van der Waals surface area contributed by atoms with Crippen LogP contribution in [0.25, 0.3) is 11.1 Å². The molecule has 0 aromatic heterocycles. The number of benzene rings is 2. The highest BCUT2D eigenvalue weighted by molar-refractivity contribution is 7.98. The van der Waals surface area contributed by atoms with Gasteiger partial charge in [-0.15, -0.1) is 24.9 Å². The summed E-state index contributed by atoms with van der Waals surface area (Å²) in [5.74, 6) is -0.187. The van der Waals surface area contributed by atoms with Gasteiger partial charge in [-0.2, -0.15) is 0 Å². The molecule has 0 saturated carbocycles. The van der Waals surface area contributed by atoms with E-state index in [-0.39, 0.29) is 5.75 Å². The van der Waals surface area contributed by atoms with Crippen LogP contribution in [0.5, 0.6) is 5.75 Å². The second-order valence-electron chi connectivity index (χ2n) is 3.78. The lowest BCUT2D eigenvalue weighted by atomic mass is 10.1. The fraction of sp³-hybridized carbons (Fsp3) is 0.143. The van der Waals surface area contributed by atoms with E-state index in [0.717, 1.165) is 4.90 Å². The first-order valence-electron chi connectivity index (χ1n) is 5.49. The first-order valence-corrected chi connectivity index (χ1v) is 6.71. The minimum Gasteiger partial charge on any atom is -0.405 e. The SMILES string of the molecule is CSc1cccc(-c2ccccc2OC(F)(F)F)c1. The summed E-state index contributed by atoms with van der Waals surface area (Å²) >= 11 is 1.53. The van der Waals surface area contributed by atoms with Gasteiger partial charge in [-0.3, -0.25) is 0 Å². The highest BCUT2D eigenvalue weighted by Gasteiger charge is 2.32.